The molecule has 2 aromatic carbocycles. The molecule has 0 radical (unpaired) electrons. The fraction of sp³-hybridized carbons (Fsp3) is 0.323. The van der Waals surface area contributed by atoms with E-state index in [1.807, 2.05) is 24.5 Å². The molecule has 0 unspecified atom stereocenters. The van der Waals surface area contributed by atoms with Crippen LogP contribution in [0.4, 0.5) is 0 Å². The lowest BCUT2D eigenvalue weighted by Crippen LogP contribution is -2.22. The maximum Gasteiger partial charge on any atom is 0.0346 e. The summed E-state index contributed by atoms with van der Waals surface area (Å²) in [6, 6.07) is 21.9. The van der Waals surface area contributed by atoms with Gasteiger partial charge in [0, 0.05) is 30.9 Å². The highest BCUT2D eigenvalue weighted by Gasteiger charge is 2.05. The van der Waals surface area contributed by atoms with Crippen LogP contribution in [0.15, 0.2) is 85.2 Å². The minimum Gasteiger partial charge on any atom is -0.296 e. The number of aromatic nitrogens is 1. The van der Waals surface area contributed by atoms with Gasteiger partial charge in [-0.3, -0.25) is 9.88 Å². The Hall–Kier alpha value is -3.15. The van der Waals surface area contributed by atoms with Crippen molar-refractivity contribution in [3.05, 3.63) is 102 Å². The van der Waals surface area contributed by atoms with Gasteiger partial charge in [-0.1, -0.05) is 79.4 Å². The van der Waals surface area contributed by atoms with Crippen molar-refractivity contribution in [3.8, 4) is 23.0 Å². The number of hydrogen-bond donors (Lipinski definition) is 0. The summed E-state index contributed by atoms with van der Waals surface area (Å²) in [5.41, 5.74) is 6.57. The molecule has 3 rings (SSSR count). The van der Waals surface area contributed by atoms with Gasteiger partial charge in [0.15, 0.2) is 0 Å². The SMILES string of the molecule is CCN(C/C=C/C#CC(C)(C)C)Cc1cccc(CCc2cccc(-c3cccnc3)c2)c1. The van der Waals surface area contributed by atoms with E-state index >= 15 is 0 Å². The van der Waals surface area contributed by atoms with Crippen molar-refractivity contribution in [1.82, 2.24) is 9.88 Å². The second-order valence-corrected chi connectivity index (χ2v) is 9.51. The average Bonchev–Trinajstić information content (AvgIpc) is 2.82. The number of nitrogens with zero attached hydrogens (tertiary/aromatic N) is 2. The van der Waals surface area contributed by atoms with Crippen LogP contribution >= 0.6 is 0 Å². The van der Waals surface area contributed by atoms with Gasteiger partial charge in [-0.2, -0.15) is 0 Å². The molecule has 33 heavy (non-hydrogen) atoms. The van der Waals surface area contributed by atoms with Crippen LogP contribution < -0.4 is 0 Å². The summed E-state index contributed by atoms with van der Waals surface area (Å²) < 4.78 is 0. The van der Waals surface area contributed by atoms with Gasteiger partial charge in [-0.15, -0.1) is 0 Å². The smallest absolute Gasteiger partial charge is 0.0346 e. The Morgan fingerprint density at radius 2 is 1.58 bits per heavy atom. The molecular formula is C31H36N2. The highest BCUT2D eigenvalue weighted by atomic mass is 15.1. The maximum atomic E-state index is 4.25. The topological polar surface area (TPSA) is 16.1 Å². The maximum absolute atomic E-state index is 4.25. The Morgan fingerprint density at radius 1 is 0.879 bits per heavy atom. The summed E-state index contributed by atoms with van der Waals surface area (Å²) in [5.74, 6) is 6.42. The Kier molecular flexibility index (Phi) is 9.04. The fourth-order valence-corrected chi connectivity index (χ4v) is 3.69. The highest BCUT2D eigenvalue weighted by molar-refractivity contribution is 5.63. The molecule has 0 bridgehead atoms. The molecule has 1 aromatic heterocycles. The number of rotatable bonds is 9. The third-order valence-corrected chi connectivity index (χ3v) is 5.48. The molecule has 2 heteroatoms. The molecule has 0 aliphatic heterocycles. The first kappa shape index (κ1) is 24.5. The van der Waals surface area contributed by atoms with E-state index in [9.17, 15) is 0 Å². The predicted molar refractivity (Wildman–Crippen MR) is 141 cm³/mol. The standard InChI is InChI=1S/C31H36N2/c1-5-33(21-8-6-7-19-31(2,3)4)25-28-14-9-12-26(22-28)17-18-27-13-10-15-29(23-27)30-16-11-20-32-24-30/h6,8-16,20,22-24H,5,17-18,21,25H2,1-4H3/b8-6+. The first-order valence-electron chi connectivity index (χ1n) is 11.9. The fourth-order valence-electron chi connectivity index (χ4n) is 3.69. The largest absolute Gasteiger partial charge is 0.296 e. The van der Waals surface area contributed by atoms with Gasteiger partial charge in [-0.05, 0) is 80.1 Å². The molecule has 0 N–H and O–H groups in total. The van der Waals surface area contributed by atoms with E-state index in [0.29, 0.717) is 0 Å². The lowest BCUT2D eigenvalue weighted by Gasteiger charge is -2.19. The summed E-state index contributed by atoms with van der Waals surface area (Å²) >= 11 is 0. The predicted octanol–water partition coefficient (Wildman–Crippen LogP) is 6.96. The summed E-state index contributed by atoms with van der Waals surface area (Å²) in [7, 11) is 0. The third kappa shape index (κ3) is 8.72. The van der Waals surface area contributed by atoms with Crippen molar-refractivity contribution in [2.45, 2.75) is 47.1 Å². The van der Waals surface area contributed by atoms with Crippen molar-refractivity contribution in [2.75, 3.05) is 13.1 Å². The molecule has 3 aromatic rings. The zero-order valence-electron chi connectivity index (χ0n) is 20.5. The van der Waals surface area contributed by atoms with Crippen LogP contribution in [0.3, 0.4) is 0 Å². The number of benzene rings is 2. The average molecular weight is 437 g/mol. The van der Waals surface area contributed by atoms with E-state index in [-0.39, 0.29) is 5.41 Å². The number of aryl methyl sites for hydroxylation is 2. The van der Waals surface area contributed by atoms with Crippen LogP contribution in [0.2, 0.25) is 0 Å². The van der Waals surface area contributed by atoms with E-state index in [1.54, 1.807) is 0 Å². The van der Waals surface area contributed by atoms with Crippen LogP contribution in [0.25, 0.3) is 11.1 Å². The second-order valence-electron chi connectivity index (χ2n) is 9.51. The van der Waals surface area contributed by atoms with Gasteiger partial charge in [0.05, 0.1) is 0 Å². The second kappa shape index (κ2) is 12.2. The summed E-state index contributed by atoms with van der Waals surface area (Å²) in [4.78, 5) is 6.68. The monoisotopic (exact) mass is 436 g/mol. The Labute approximate surface area is 200 Å². The molecule has 1 heterocycles. The van der Waals surface area contributed by atoms with Crippen molar-refractivity contribution in [1.29, 1.82) is 0 Å². The lowest BCUT2D eigenvalue weighted by molar-refractivity contribution is 0.311. The van der Waals surface area contributed by atoms with Gasteiger partial charge in [0.1, 0.15) is 0 Å². The summed E-state index contributed by atoms with van der Waals surface area (Å²) in [5, 5.41) is 0. The lowest BCUT2D eigenvalue weighted by atomic mass is 9.98. The van der Waals surface area contributed by atoms with Crippen LogP contribution in [-0.4, -0.2) is 23.0 Å². The quantitative estimate of drug-likeness (QED) is 0.337. The first-order chi connectivity index (χ1) is 15.9. The normalized spacial score (nSPS) is 11.5. The Balaban J connectivity index is 1.57. The van der Waals surface area contributed by atoms with Crippen molar-refractivity contribution >= 4 is 0 Å². The van der Waals surface area contributed by atoms with Crippen molar-refractivity contribution in [2.24, 2.45) is 5.41 Å². The number of likely N-dealkylation sites (N-methyl/N-ethyl adjacent to an activating group) is 1. The molecule has 0 atom stereocenters. The van der Waals surface area contributed by atoms with Crippen LogP contribution in [0, 0.1) is 17.3 Å². The van der Waals surface area contributed by atoms with Crippen LogP contribution in [-0.2, 0) is 19.4 Å². The number of allylic oxidation sites excluding steroid dienone is 1. The van der Waals surface area contributed by atoms with Gasteiger partial charge < -0.3 is 0 Å². The van der Waals surface area contributed by atoms with E-state index in [0.717, 1.165) is 32.5 Å². The van der Waals surface area contributed by atoms with Gasteiger partial charge in [0.25, 0.3) is 0 Å². The molecule has 0 amide bonds. The van der Waals surface area contributed by atoms with Gasteiger partial charge in [0.2, 0.25) is 0 Å². The molecule has 0 fully saturated rings. The Bertz CT molecular complexity index is 1090. The Morgan fingerprint density at radius 3 is 2.27 bits per heavy atom. The summed E-state index contributed by atoms with van der Waals surface area (Å²) in [6.07, 6.45) is 9.97. The first-order valence-corrected chi connectivity index (χ1v) is 11.9. The van der Waals surface area contributed by atoms with Gasteiger partial charge >= 0.3 is 0 Å². The molecular weight excluding hydrogens is 400 g/mol. The minimum atomic E-state index is 0.0509. The zero-order valence-corrected chi connectivity index (χ0v) is 20.5. The van der Waals surface area contributed by atoms with Crippen molar-refractivity contribution in [3.63, 3.8) is 0 Å². The van der Waals surface area contributed by atoms with Crippen LogP contribution in [0.1, 0.15) is 44.4 Å². The molecule has 0 saturated heterocycles. The van der Waals surface area contributed by atoms with Crippen LogP contribution in [0.5, 0.6) is 0 Å². The van der Waals surface area contributed by atoms with E-state index in [1.165, 1.54) is 27.8 Å². The number of pyridine rings is 1. The molecule has 0 spiro atoms. The van der Waals surface area contributed by atoms with Gasteiger partial charge in [-0.25, -0.2) is 0 Å². The molecule has 2 nitrogen and oxygen atoms in total. The molecule has 0 aliphatic carbocycles. The molecule has 0 aliphatic rings. The molecule has 170 valence electrons. The van der Waals surface area contributed by atoms with Crippen molar-refractivity contribution < 1.29 is 0 Å². The minimum absolute atomic E-state index is 0.0509. The van der Waals surface area contributed by atoms with E-state index in [2.05, 4.69) is 110 Å². The molecule has 0 saturated carbocycles. The highest BCUT2D eigenvalue weighted by Crippen LogP contribution is 2.20. The third-order valence-electron chi connectivity index (χ3n) is 5.48. The number of hydrogen-bond acceptors (Lipinski definition) is 2. The van der Waals surface area contributed by atoms with E-state index in [4.69, 9.17) is 0 Å². The summed E-state index contributed by atoms with van der Waals surface area (Å²) in [6.45, 7) is 11.5. The van der Waals surface area contributed by atoms with E-state index < -0.39 is 0 Å². The zero-order chi connectivity index (χ0) is 23.5.